The third kappa shape index (κ3) is 3.95. The number of methoxy groups -OCH3 is 1. The van der Waals surface area contributed by atoms with Gasteiger partial charge in [-0.15, -0.1) is 0 Å². The van der Waals surface area contributed by atoms with Gasteiger partial charge < -0.3 is 19.5 Å². The van der Waals surface area contributed by atoms with Crippen molar-refractivity contribution in [1.29, 1.82) is 0 Å². The van der Waals surface area contributed by atoms with E-state index < -0.39 is 0 Å². The molecule has 1 aromatic carbocycles. The Hall–Kier alpha value is -1.10. The molecule has 1 saturated heterocycles. The molecule has 0 aliphatic carbocycles. The number of hydrogen-bond donors (Lipinski definition) is 1. The molecule has 1 N–H and O–H groups in total. The summed E-state index contributed by atoms with van der Waals surface area (Å²) in [6, 6.07) is 8.11. The van der Waals surface area contributed by atoms with Crippen molar-refractivity contribution in [2.24, 2.45) is 5.41 Å². The first kappa shape index (κ1) is 15.3. The Morgan fingerprint density at radius 1 is 1.45 bits per heavy atom. The zero-order chi connectivity index (χ0) is 14.4. The van der Waals surface area contributed by atoms with Gasteiger partial charge in [0.05, 0.1) is 20.3 Å². The lowest BCUT2D eigenvalue weighted by Crippen LogP contribution is -2.44. The topological polar surface area (TPSA) is 41.9 Å². The third-order valence-electron chi connectivity index (χ3n) is 3.93. The van der Waals surface area contributed by atoms with Crippen LogP contribution in [0.5, 0.6) is 5.75 Å². The highest BCUT2D eigenvalue weighted by molar-refractivity contribution is 5.28. The highest BCUT2D eigenvalue weighted by Crippen LogP contribution is 2.29. The van der Waals surface area contributed by atoms with Gasteiger partial charge in [-0.2, -0.15) is 0 Å². The molecule has 1 fully saturated rings. The van der Waals surface area contributed by atoms with Crippen molar-refractivity contribution < 1.29 is 14.6 Å². The summed E-state index contributed by atoms with van der Waals surface area (Å²) < 4.78 is 10.8. The molecule has 1 unspecified atom stereocenters. The highest BCUT2D eigenvalue weighted by Gasteiger charge is 2.33. The standard InChI is InChI=1S/C16H25NO3/c1-17(10-14-5-3-6-15(9-14)19-2)11-16(12-18)7-4-8-20-13-16/h3,5-6,9,18H,4,7-8,10-13H2,1-2H3. The molecule has 1 aromatic rings. The van der Waals surface area contributed by atoms with E-state index in [9.17, 15) is 5.11 Å². The molecule has 112 valence electrons. The number of hydrogen-bond acceptors (Lipinski definition) is 4. The zero-order valence-electron chi connectivity index (χ0n) is 12.5. The van der Waals surface area contributed by atoms with Gasteiger partial charge in [0.2, 0.25) is 0 Å². The molecule has 20 heavy (non-hydrogen) atoms. The van der Waals surface area contributed by atoms with E-state index in [-0.39, 0.29) is 12.0 Å². The molecule has 2 rings (SSSR count). The van der Waals surface area contributed by atoms with Crippen LogP contribution in [0.25, 0.3) is 0 Å². The average Bonchev–Trinajstić information content (AvgIpc) is 2.48. The van der Waals surface area contributed by atoms with Crippen molar-refractivity contribution in [1.82, 2.24) is 4.90 Å². The van der Waals surface area contributed by atoms with E-state index in [4.69, 9.17) is 9.47 Å². The van der Waals surface area contributed by atoms with Gasteiger partial charge in [0, 0.05) is 25.1 Å². The van der Waals surface area contributed by atoms with Gasteiger partial charge in [0.1, 0.15) is 5.75 Å². The lowest BCUT2D eigenvalue weighted by molar-refractivity contribution is -0.0531. The summed E-state index contributed by atoms with van der Waals surface area (Å²) in [6.45, 7) is 3.36. The fraction of sp³-hybridized carbons (Fsp3) is 0.625. The molecule has 0 aromatic heterocycles. The summed E-state index contributed by atoms with van der Waals surface area (Å²) in [6.07, 6.45) is 2.07. The largest absolute Gasteiger partial charge is 0.497 e. The van der Waals surface area contributed by atoms with Crippen LogP contribution in [-0.2, 0) is 11.3 Å². The van der Waals surface area contributed by atoms with Crippen molar-refractivity contribution >= 4 is 0 Å². The third-order valence-corrected chi connectivity index (χ3v) is 3.93. The average molecular weight is 279 g/mol. The maximum absolute atomic E-state index is 9.71. The predicted octanol–water partition coefficient (Wildman–Crippen LogP) is 1.92. The van der Waals surface area contributed by atoms with Crippen LogP contribution < -0.4 is 4.74 Å². The fourth-order valence-electron chi connectivity index (χ4n) is 2.92. The number of benzene rings is 1. The van der Waals surface area contributed by atoms with Crippen LogP contribution in [0.4, 0.5) is 0 Å². The maximum Gasteiger partial charge on any atom is 0.119 e. The van der Waals surface area contributed by atoms with E-state index in [0.717, 1.165) is 38.3 Å². The highest BCUT2D eigenvalue weighted by atomic mass is 16.5. The SMILES string of the molecule is COc1cccc(CN(C)CC2(CO)CCCOC2)c1. The molecule has 1 aliphatic rings. The van der Waals surface area contributed by atoms with Crippen LogP contribution in [0.15, 0.2) is 24.3 Å². The normalized spacial score (nSPS) is 23.0. The minimum Gasteiger partial charge on any atom is -0.497 e. The van der Waals surface area contributed by atoms with Gasteiger partial charge in [-0.05, 0) is 37.6 Å². The second-order valence-corrected chi connectivity index (χ2v) is 5.84. The van der Waals surface area contributed by atoms with Gasteiger partial charge in [0.25, 0.3) is 0 Å². The van der Waals surface area contributed by atoms with E-state index in [0.29, 0.717) is 6.61 Å². The van der Waals surface area contributed by atoms with Gasteiger partial charge >= 0.3 is 0 Å². The van der Waals surface area contributed by atoms with Crippen LogP contribution in [0.3, 0.4) is 0 Å². The molecule has 4 heteroatoms. The van der Waals surface area contributed by atoms with Crippen LogP contribution in [-0.4, -0.2) is 50.5 Å². The zero-order valence-corrected chi connectivity index (χ0v) is 12.5. The molecule has 0 spiro atoms. The number of ether oxygens (including phenoxy) is 2. The second-order valence-electron chi connectivity index (χ2n) is 5.84. The van der Waals surface area contributed by atoms with E-state index in [1.54, 1.807) is 7.11 Å². The Balaban J connectivity index is 1.95. The Morgan fingerprint density at radius 2 is 2.30 bits per heavy atom. The van der Waals surface area contributed by atoms with Crippen molar-refractivity contribution in [2.75, 3.05) is 40.5 Å². The Morgan fingerprint density at radius 3 is 2.95 bits per heavy atom. The van der Waals surface area contributed by atoms with Gasteiger partial charge in [-0.3, -0.25) is 0 Å². The molecule has 0 saturated carbocycles. The summed E-state index contributed by atoms with van der Waals surface area (Å²) >= 11 is 0. The van der Waals surface area contributed by atoms with Gasteiger partial charge in [-0.1, -0.05) is 12.1 Å². The van der Waals surface area contributed by atoms with Crippen LogP contribution in [0.2, 0.25) is 0 Å². The molecule has 4 nitrogen and oxygen atoms in total. The summed E-state index contributed by atoms with van der Waals surface area (Å²) in [5, 5.41) is 9.71. The first-order valence-corrected chi connectivity index (χ1v) is 7.17. The molecular weight excluding hydrogens is 254 g/mol. The van der Waals surface area contributed by atoms with Gasteiger partial charge in [-0.25, -0.2) is 0 Å². The van der Waals surface area contributed by atoms with Crippen molar-refractivity contribution in [3.05, 3.63) is 29.8 Å². The van der Waals surface area contributed by atoms with E-state index >= 15 is 0 Å². The van der Waals surface area contributed by atoms with Gasteiger partial charge in [0.15, 0.2) is 0 Å². The number of aliphatic hydroxyl groups excluding tert-OH is 1. The number of rotatable bonds is 6. The first-order chi connectivity index (χ1) is 9.67. The first-order valence-electron chi connectivity index (χ1n) is 7.17. The van der Waals surface area contributed by atoms with Crippen molar-refractivity contribution in [3.63, 3.8) is 0 Å². The van der Waals surface area contributed by atoms with E-state index in [1.165, 1.54) is 5.56 Å². The Bertz CT molecular complexity index is 416. The minimum absolute atomic E-state index is 0.105. The Kier molecular flexibility index (Phi) is 5.40. The Labute approximate surface area is 121 Å². The van der Waals surface area contributed by atoms with Crippen molar-refractivity contribution in [3.8, 4) is 5.75 Å². The van der Waals surface area contributed by atoms with Crippen LogP contribution in [0.1, 0.15) is 18.4 Å². The quantitative estimate of drug-likeness (QED) is 0.864. The molecule has 0 amide bonds. The second kappa shape index (κ2) is 7.07. The lowest BCUT2D eigenvalue weighted by Gasteiger charge is -2.38. The number of aliphatic hydroxyl groups is 1. The lowest BCUT2D eigenvalue weighted by atomic mass is 9.83. The monoisotopic (exact) mass is 279 g/mol. The molecular formula is C16H25NO3. The van der Waals surface area contributed by atoms with Crippen molar-refractivity contribution in [2.45, 2.75) is 19.4 Å². The fourth-order valence-corrected chi connectivity index (χ4v) is 2.92. The summed E-state index contributed by atoms with van der Waals surface area (Å²) in [5.74, 6) is 0.883. The molecule has 0 bridgehead atoms. The van der Waals surface area contributed by atoms with E-state index in [1.807, 2.05) is 12.1 Å². The van der Waals surface area contributed by atoms with Crippen LogP contribution >= 0.6 is 0 Å². The number of nitrogens with zero attached hydrogens (tertiary/aromatic N) is 1. The minimum atomic E-state index is -0.105. The molecule has 1 heterocycles. The predicted molar refractivity (Wildman–Crippen MR) is 78.9 cm³/mol. The van der Waals surface area contributed by atoms with E-state index in [2.05, 4.69) is 24.1 Å². The maximum atomic E-state index is 9.71. The summed E-state index contributed by atoms with van der Waals surface area (Å²) in [4.78, 5) is 2.25. The molecule has 0 radical (unpaired) electrons. The molecule has 1 aliphatic heterocycles. The molecule has 1 atom stereocenters. The summed E-state index contributed by atoms with van der Waals surface area (Å²) in [7, 11) is 3.77. The summed E-state index contributed by atoms with van der Waals surface area (Å²) in [5.41, 5.74) is 1.11. The van der Waals surface area contributed by atoms with Crippen LogP contribution in [0, 0.1) is 5.41 Å². The smallest absolute Gasteiger partial charge is 0.119 e.